The van der Waals surface area contributed by atoms with Crippen molar-refractivity contribution in [2.75, 3.05) is 36.4 Å². The smallest absolute Gasteiger partial charge is 0.246 e. The SMILES string of the molecule is C=CC(=O)N1CCN2c3c(cnc4cc(-c5c(O)cccc5F)c(Cl)cc34)NC[C@H]2C1. The van der Waals surface area contributed by atoms with Crippen molar-refractivity contribution in [2.24, 2.45) is 0 Å². The lowest BCUT2D eigenvalue weighted by atomic mass is 9.99. The van der Waals surface area contributed by atoms with Gasteiger partial charge in [-0.3, -0.25) is 9.78 Å². The minimum atomic E-state index is -0.552. The molecule has 8 heteroatoms. The molecule has 6 nitrogen and oxygen atoms in total. The third kappa shape index (κ3) is 3.16. The predicted octanol–water partition coefficient (Wildman–Crippen LogP) is 4.03. The molecule has 1 fully saturated rings. The molecule has 2 aliphatic rings. The van der Waals surface area contributed by atoms with E-state index in [-0.39, 0.29) is 23.3 Å². The standard InChI is InChI=1S/C23H20ClFN4O2/c1-2-21(31)28-6-7-29-13(12-28)10-26-19-11-27-18-9-14(16(24)8-15(18)23(19)29)22-17(25)4-3-5-20(22)30/h2-5,8-9,11,13,26,30H,1,6-7,10,12H2/t13-/m0/s1. The normalized spacial score (nSPS) is 17.7. The Balaban J connectivity index is 1.61. The topological polar surface area (TPSA) is 68.7 Å². The second-order valence-corrected chi connectivity index (χ2v) is 8.13. The van der Waals surface area contributed by atoms with Crippen LogP contribution in [-0.4, -0.2) is 53.1 Å². The number of halogens is 2. The van der Waals surface area contributed by atoms with Crippen LogP contribution in [0.2, 0.25) is 5.02 Å². The zero-order chi connectivity index (χ0) is 21.7. The van der Waals surface area contributed by atoms with E-state index >= 15 is 0 Å². The molecule has 1 amide bonds. The lowest BCUT2D eigenvalue weighted by Gasteiger charge is -2.46. The van der Waals surface area contributed by atoms with E-state index < -0.39 is 5.82 Å². The number of hydrogen-bond donors (Lipinski definition) is 2. The van der Waals surface area contributed by atoms with Crippen LogP contribution in [-0.2, 0) is 4.79 Å². The molecule has 158 valence electrons. The number of piperazine rings is 1. The second kappa shape index (κ2) is 7.42. The Hall–Kier alpha value is -3.32. The van der Waals surface area contributed by atoms with Crippen LogP contribution in [0, 0.1) is 5.82 Å². The van der Waals surface area contributed by atoms with Gasteiger partial charge in [0.15, 0.2) is 0 Å². The van der Waals surface area contributed by atoms with E-state index in [1.54, 1.807) is 23.2 Å². The maximum absolute atomic E-state index is 14.4. The fourth-order valence-electron chi connectivity index (χ4n) is 4.49. The van der Waals surface area contributed by atoms with Crippen LogP contribution < -0.4 is 10.2 Å². The van der Waals surface area contributed by atoms with Crippen LogP contribution in [0.5, 0.6) is 5.75 Å². The highest BCUT2D eigenvalue weighted by molar-refractivity contribution is 6.34. The molecule has 0 radical (unpaired) electrons. The molecule has 0 spiro atoms. The van der Waals surface area contributed by atoms with Gasteiger partial charge in [0.05, 0.1) is 34.7 Å². The molecule has 1 saturated heterocycles. The molecule has 0 saturated carbocycles. The van der Waals surface area contributed by atoms with E-state index in [2.05, 4.69) is 21.8 Å². The zero-order valence-corrected chi connectivity index (χ0v) is 17.4. The fourth-order valence-corrected chi connectivity index (χ4v) is 4.75. The number of amides is 1. The molecule has 2 N–H and O–H groups in total. The number of phenolic OH excluding ortho intramolecular Hbond substituents is 1. The van der Waals surface area contributed by atoms with Gasteiger partial charge in [0.25, 0.3) is 0 Å². The summed E-state index contributed by atoms with van der Waals surface area (Å²) in [6, 6.07) is 7.74. The summed E-state index contributed by atoms with van der Waals surface area (Å²) in [4.78, 5) is 20.7. The number of nitrogens with zero attached hydrogens (tertiary/aromatic N) is 3. The summed E-state index contributed by atoms with van der Waals surface area (Å²) in [6.45, 7) is 6.14. The van der Waals surface area contributed by atoms with Crippen LogP contribution >= 0.6 is 11.6 Å². The maximum Gasteiger partial charge on any atom is 0.246 e. The zero-order valence-electron chi connectivity index (χ0n) is 16.6. The van der Waals surface area contributed by atoms with Crippen LogP contribution in [0.3, 0.4) is 0 Å². The van der Waals surface area contributed by atoms with E-state index in [1.807, 2.05) is 0 Å². The first-order chi connectivity index (χ1) is 15.0. The van der Waals surface area contributed by atoms with Crippen molar-refractivity contribution >= 4 is 39.8 Å². The highest BCUT2D eigenvalue weighted by Crippen LogP contribution is 2.43. The summed E-state index contributed by atoms with van der Waals surface area (Å²) in [7, 11) is 0. The van der Waals surface area contributed by atoms with Crippen molar-refractivity contribution in [3.8, 4) is 16.9 Å². The number of aromatic hydroxyl groups is 1. The molecule has 3 heterocycles. The van der Waals surface area contributed by atoms with Crippen molar-refractivity contribution < 1.29 is 14.3 Å². The number of aromatic nitrogens is 1. The van der Waals surface area contributed by atoms with E-state index in [9.17, 15) is 14.3 Å². The van der Waals surface area contributed by atoms with E-state index in [0.29, 0.717) is 42.3 Å². The number of pyridine rings is 1. The van der Waals surface area contributed by atoms with Gasteiger partial charge in [0.2, 0.25) is 5.91 Å². The van der Waals surface area contributed by atoms with Gasteiger partial charge in [-0.25, -0.2) is 4.39 Å². The van der Waals surface area contributed by atoms with Crippen LogP contribution in [0.4, 0.5) is 15.8 Å². The van der Waals surface area contributed by atoms with E-state index in [4.69, 9.17) is 11.6 Å². The number of rotatable bonds is 2. The molecule has 0 bridgehead atoms. The summed E-state index contributed by atoms with van der Waals surface area (Å²) < 4.78 is 14.4. The molecule has 1 aromatic heterocycles. The molecular weight excluding hydrogens is 419 g/mol. The molecule has 3 aromatic rings. The summed E-state index contributed by atoms with van der Waals surface area (Å²) in [5.41, 5.74) is 2.95. The van der Waals surface area contributed by atoms with Gasteiger partial charge in [-0.2, -0.15) is 0 Å². The minimum absolute atomic E-state index is 0.0569. The summed E-state index contributed by atoms with van der Waals surface area (Å²) in [5, 5.41) is 14.8. The number of phenols is 1. The Bertz CT molecular complexity index is 1210. The first kappa shape index (κ1) is 19.6. The first-order valence-electron chi connectivity index (χ1n) is 10.00. The molecule has 2 aliphatic heterocycles. The molecule has 0 aliphatic carbocycles. The summed E-state index contributed by atoms with van der Waals surface area (Å²) in [6.07, 6.45) is 3.10. The third-order valence-corrected chi connectivity index (χ3v) is 6.29. The Morgan fingerprint density at radius 2 is 2.19 bits per heavy atom. The molecule has 0 unspecified atom stereocenters. The van der Waals surface area contributed by atoms with Crippen LogP contribution in [0.1, 0.15) is 0 Å². The molecular formula is C23H20ClFN4O2. The Kier molecular flexibility index (Phi) is 4.70. The van der Waals surface area contributed by atoms with Crippen LogP contribution in [0.15, 0.2) is 49.2 Å². The predicted molar refractivity (Wildman–Crippen MR) is 120 cm³/mol. The van der Waals surface area contributed by atoms with E-state index in [1.165, 1.54) is 24.3 Å². The molecule has 1 atom stereocenters. The maximum atomic E-state index is 14.4. The number of carbonyl (C=O) groups excluding carboxylic acids is 1. The van der Waals surface area contributed by atoms with Gasteiger partial charge >= 0.3 is 0 Å². The second-order valence-electron chi connectivity index (χ2n) is 7.72. The lowest BCUT2D eigenvalue weighted by Crippen LogP contribution is -2.58. The monoisotopic (exact) mass is 438 g/mol. The van der Waals surface area contributed by atoms with Gasteiger partial charge < -0.3 is 20.2 Å². The number of benzene rings is 2. The minimum Gasteiger partial charge on any atom is -0.507 e. The van der Waals surface area contributed by atoms with Gasteiger partial charge in [-0.1, -0.05) is 24.2 Å². The van der Waals surface area contributed by atoms with Crippen molar-refractivity contribution in [1.82, 2.24) is 9.88 Å². The lowest BCUT2D eigenvalue weighted by molar-refractivity contribution is -0.126. The largest absolute Gasteiger partial charge is 0.507 e. The highest BCUT2D eigenvalue weighted by Gasteiger charge is 2.34. The van der Waals surface area contributed by atoms with Gasteiger partial charge in [-0.15, -0.1) is 0 Å². The summed E-state index contributed by atoms with van der Waals surface area (Å²) in [5.74, 6) is -0.796. The Labute approximate surface area is 183 Å². The fraction of sp³-hybridized carbons (Fsp3) is 0.217. The number of nitrogens with one attached hydrogen (secondary N) is 1. The number of carbonyl (C=O) groups is 1. The van der Waals surface area contributed by atoms with Crippen molar-refractivity contribution in [1.29, 1.82) is 0 Å². The average molecular weight is 439 g/mol. The number of anilines is 2. The number of hydrogen-bond acceptors (Lipinski definition) is 5. The molecule has 2 aromatic carbocycles. The highest BCUT2D eigenvalue weighted by atomic mass is 35.5. The Morgan fingerprint density at radius 3 is 2.97 bits per heavy atom. The summed E-state index contributed by atoms with van der Waals surface area (Å²) >= 11 is 6.57. The third-order valence-electron chi connectivity index (χ3n) is 5.97. The van der Waals surface area contributed by atoms with Crippen molar-refractivity contribution in [3.05, 3.63) is 60.0 Å². The van der Waals surface area contributed by atoms with Gasteiger partial charge in [0.1, 0.15) is 11.6 Å². The van der Waals surface area contributed by atoms with E-state index in [0.717, 1.165) is 16.8 Å². The van der Waals surface area contributed by atoms with Crippen molar-refractivity contribution in [2.45, 2.75) is 6.04 Å². The molecule has 5 rings (SSSR count). The Morgan fingerprint density at radius 1 is 1.35 bits per heavy atom. The quantitative estimate of drug-likeness (QED) is 0.591. The van der Waals surface area contributed by atoms with Crippen molar-refractivity contribution in [3.63, 3.8) is 0 Å². The number of fused-ring (bicyclic) bond motifs is 5. The molecule has 31 heavy (non-hydrogen) atoms. The van der Waals surface area contributed by atoms with Gasteiger partial charge in [0, 0.05) is 42.2 Å². The van der Waals surface area contributed by atoms with Crippen LogP contribution in [0.25, 0.3) is 22.0 Å². The first-order valence-corrected chi connectivity index (χ1v) is 10.4. The average Bonchev–Trinajstić information content (AvgIpc) is 2.78. The van der Waals surface area contributed by atoms with Gasteiger partial charge in [-0.05, 0) is 30.3 Å².